The number of ether oxygens (including phenoxy) is 1. The molecule has 1 heterocycles. The molecule has 0 aromatic rings. The summed E-state index contributed by atoms with van der Waals surface area (Å²) in [4.78, 5) is 23.5. The Balaban J connectivity index is 2.67. The van der Waals surface area contributed by atoms with Crippen LogP contribution in [0.5, 0.6) is 0 Å². The second-order valence-corrected chi connectivity index (χ2v) is 6.93. The van der Waals surface area contributed by atoms with Gasteiger partial charge in [0.1, 0.15) is 0 Å². The Morgan fingerprint density at radius 1 is 0.897 bits per heavy atom. The molecule has 1 rings (SSSR count). The van der Waals surface area contributed by atoms with Crippen LogP contribution in [0.15, 0.2) is 72.9 Å². The fraction of sp³-hybridized carbons (Fsp3) is 0.417. The number of cyclic esters (lactones) is 1. The molecule has 29 heavy (non-hydrogen) atoms. The van der Waals surface area contributed by atoms with Crippen LogP contribution in [0.4, 0.5) is 0 Å². The van der Waals surface area contributed by atoms with E-state index in [1.54, 1.807) is 48.6 Å². The van der Waals surface area contributed by atoms with E-state index in [-0.39, 0.29) is 24.3 Å². The molecule has 0 radical (unpaired) electrons. The van der Waals surface area contributed by atoms with Crippen LogP contribution in [0, 0.1) is 0 Å². The van der Waals surface area contributed by atoms with Gasteiger partial charge in [-0.05, 0) is 45.1 Å². The average molecular weight is 401 g/mol. The molecule has 0 aromatic heterocycles. The summed E-state index contributed by atoms with van der Waals surface area (Å²) >= 11 is 0. The van der Waals surface area contributed by atoms with Gasteiger partial charge in [0.25, 0.3) is 0 Å². The third-order valence-corrected chi connectivity index (χ3v) is 4.11. The summed E-state index contributed by atoms with van der Waals surface area (Å²) in [5.41, 5.74) is 0. The quantitative estimate of drug-likeness (QED) is 0.603. The van der Waals surface area contributed by atoms with Gasteiger partial charge in [0.2, 0.25) is 0 Å². The van der Waals surface area contributed by atoms with E-state index in [0.29, 0.717) is 12.8 Å². The van der Waals surface area contributed by atoms with Gasteiger partial charge in [0.15, 0.2) is 5.78 Å². The smallest absolute Gasteiger partial charge is 0.331 e. The monoisotopic (exact) mass is 400 g/mol. The SMILES string of the molecule is CC1CCCC=CC=CC(=O)CC(O)CC=C/C=C/C(O)CC=CC=CC(=O)O1. The highest BCUT2D eigenvalue weighted by atomic mass is 16.5. The van der Waals surface area contributed by atoms with E-state index in [2.05, 4.69) is 0 Å². The van der Waals surface area contributed by atoms with Gasteiger partial charge in [0.05, 0.1) is 18.3 Å². The summed E-state index contributed by atoms with van der Waals surface area (Å²) in [6.07, 6.45) is 21.9. The Hall–Kier alpha value is -2.50. The molecule has 5 heteroatoms. The lowest BCUT2D eigenvalue weighted by Crippen LogP contribution is -2.12. The van der Waals surface area contributed by atoms with Crippen LogP contribution in [0.1, 0.15) is 45.4 Å². The molecular weight excluding hydrogens is 368 g/mol. The highest BCUT2D eigenvalue weighted by Gasteiger charge is 2.07. The summed E-state index contributed by atoms with van der Waals surface area (Å²) in [7, 11) is 0. The largest absolute Gasteiger partial charge is 0.460 e. The van der Waals surface area contributed by atoms with Crippen molar-refractivity contribution in [3.05, 3.63) is 72.9 Å². The molecule has 0 aliphatic carbocycles. The Kier molecular flexibility index (Phi) is 13.1. The molecule has 1 aliphatic heterocycles. The predicted octanol–water partition coefficient (Wildman–Crippen LogP) is 3.90. The van der Waals surface area contributed by atoms with Crippen molar-refractivity contribution in [1.82, 2.24) is 0 Å². The number of esters is 1. The number of hydrogen-bond acceptors (Lipinski definition) is 5. The van der Waals surface area contributed by atoms with Crippen LogP contribution in [-0.4, -0.2) is 40.3 Å². The lowest BCUT2D eigenvalue weighted by atomic mass is 10.1. The van der Waals surface area contributed by atoms with E-state index < -0.39 is 12.2 Å². The normalized spacial score (nSPS) is 27.3. The third kappa shape index (κ3) is 14.2. The zero-order valence-electron chi connectivity index (χ0n) is 17.0. The number of ketones is 1. The molecule has 0 bridgehead atoms. The lowest BCUT2D eigenvalue weighted by molar-refractivity contribution is -0.142. The molecule has 0 aromatic carbocycles. The van der Waals surface area contributed by atoms with Crippen molar-refractivity contribution >= 4 is 11.8 Å². The van der Waals surface area contributed by atoms with E-state index >= 15 is 0 Å². The molecule has 0 spiro atoms. The maximum atomic E-state index is 11.8. The average Bonchev–Trinajstić information content (AvgIpc) is 2.65. The second-order valence-electron chi connectivity index (χ2n) is 6.93. The van der Waals surface area contributed by atoms with Gasteiger partial charge in [0, 0.05) is 12.5 Å². The number of rotatable bonds is 0. The highest BCUT2D eigenvalue weighted by molar-refractivity contribution is 5.90. The van der Waals surface area contributed by atoms with Crippen molar-refractivity contribution in [3.8, 4) is 0 Å². The minimum absolute atomic E-state index is 0.0716. The molecular formula is C24H32O5. The first kappa shape index (κ1) is 24.5. The zero-order chi connectivity index (χ0) is 21.3. The van der Waals surface area contributed by atoms with E-state index in [9.17, 15) is 19.8 Å². The minimum Gasteiger partial charge on any atom is -0.460 e. The van der Waals surface area contributed by atoms with Gasteiger partial charge in [-0.1, -0.05) is 60.8 Å². The number of carbonyl (C=O) groups is 2. The summed E-state index contributed by atoms with van der Waals surface area (Å²) in [6.45, 7) is 1.86. The van der Waals surface area contributed by atoms with Crippen molar-refractivity contribution in [2.75, 3.05) is 0 Å². The second kappa shape index (κ2) is 15.4. The number of carbonyl (C=O) groups excluding carboxylic acids is 2. The van der Waals surface area contributed by atoms with Crippen molar-refractivity contribution in [2.24, 2.45) is 0 Å². The van der Waals surface area contributed by atoms with E-state index in [4.69, 9.17) is 4.74 Å². The fourth-order valence-electron chi connectivity index (χ4n) is 2.56. The Morgan fingerprint density at radius 2 is 1.59 bits per heavy atom. The van der Waals surface area contributed by atoms with E-state index in [1.165, 1.54) is 12.2 Å². The van der Waals surface area contributed by atoms with Crippen LogP contribution in [0.3, 0.4) is 0 Å². The summed E-state index contributed by atoms with van der Waals surface area (Å²) in [5, 5.41) is 19.8. The Bertz CT molecular complexity index is 667. The van der Waals surface area contributed by atoms with E-state index in [1.807, 2.05) is 19.1 Å². The molecule has 3 unspecified atom stereocenters. The number of aliphatic hydroxyl groups is 2. The number of aliphatic hydroxyl groups excluding tert-OH is 2. The van der Waals surface area contributed by atoms with Crippen LogP contribution in [-0.2, 0) is 14.3 Å². The molecule has 3 atom stereocenters. The first-order valence-electron chi connectivity index (χ1n) is 10.1. The Morgan fingerprint density at radius 3 is 2.41 bits per heavy atom. The molecule has 0 saturated carbocycles. The summed E-state index contributed by atoms with van der Waals surface area (Å²) in [6, 6.07) is 0. The Labute approximate surface area is 173 Å². The molecule has 5 nitrogen and oxygen atoms in total. The van der Waals surface area contributed by atoms with Gasteiger partial charge in [-0.2, -0.15) is 0 Å². The van der Waals surface area contributed by atoms with Crippen LogP contribution >= 0.6 is 0 Å². The van der Waals surface area contributed by atoms with Gasteiger partial charge in [-0.25, -0.2) is 4.79 Å². The molecule has 0 saturated heterocycles. The predicted molar refractivity (Wildman–Crippen MR) is 115 cm³/mol. The maximum absolute atomic E-state index is 11.8. The molecule has 2 N–H and O–H groups in total. The van der Waals surface area contributed by atoms with Gasteiger partial charge in [-0.3, -0.25) is 4.79 Å². The fourth-order valence-corrected chi connectivity index (χ4v) is 2.56. The summed E-state index contributed by atoms with van der Waals surface area (Å²) < 4.78 is 5.30. The van der Waals surface area contributed by atoms with Crippen LogP contribution in [0.2, 0.25) is 0 Å². The highest BCUT2D eigenvalue weighted by Crippen LogP contribution is 2.07. The topological polar surface area (TPSA) is 83.8 Å². The van der Waals surface area contributed by atoms with E-state index in [0.717, 1.165) is 19.3 Å². The number of hydrogen-bond donors (Lipinski definition) is 2. The lowest BCUT2D eigenvalue weighted by Gasteiger charge is -2.10. The zero-order valence-corrected chi connectivity index (χ0v) is 17.0. The van der Waals surface area contributed by atoms with Gasteiger partial charge >= 0.3 is 5.97 Å². The standard InChI is InChI=1S/C24H32O5/c1-20-13-7-3-2-4-8-16-22(26)19-23(27)17-11-5-9-14-21(25)15-10-6-12-18-24(28)29-20/h2,4-6,8-12,14,16,18,20-21,23,25,27H,3,7,13,15,17,19H2,1H3/b4-2?,10-6?,11-5?,14-9+,16-8?,18-12?. The molecule has 1 aliphatic rings. The van der Waals surface area contributed by atoms with Crippen molar-refractivity contribution in [2.45, 2.75) is 63.8 Å². The van der Waals surface area contributed by atoms with Crippen molar-refractivity contribution in [3.63, 3.8) is 0 Å². The van der Waals surface area contributed by atoms with Gasteiger partial charge < -0.3 is 14.9 Å². The van der Waals surface area contributed by atoms with Crippen molar-refractivity contribution < 1.29 is 24.5 Å². The maximum Gasteiger partial charge on any atom is 0.331 e. The van der Waals surface area contributed by atoms with Crippen molar-refractivity contribution in [1.29, 1.82) is 0 Å². The first-order valence-corrected chi connectivity index (χ1v) is 10.1. The molecule has 0 fully saturated rings. The molecule has 158 valence electrons. The minimum atomic E-state index is -0.727. The van der Waals surface area contributed by atoms with Gasteiger partial charge in [-0.15, -0.1) is 0 Å². The number of allylic oxidation sites excluding steroid dienone is 8. The van der Waals surface area contributed by atoms with Crippen LogP contribution < -0.4 is 0 Å². The molecule has 0 amide bonds. The first-order chi connectivity index (χ1) is 14.0. The third-order valence-electron chi connectivity index (χ3n) is 4.11. The summed E-state index contributed by atoms with van der Waals surface area (Å²) in [5.74, 6) is -0.516. The van der Waals surface area contributed by atoms with Crippen LogP contribution in [0.25, 0.3) is 0 Å².